The summed E-state index contributed by atoms with van der Waals surface area (Å²) in [6, 6.07) is 4.65. The van der Waals surface area contributed by atoms with Gasteiger partial charge in [0.2, 0.25) is 0 Å². The molecule has 0 radical (unpaired) electrons. The molecular weight excluding hydrogens is 321 g/mol. The number of hydrogen-bond donors (Lipinski definition) is 2. The number of piperidine rings is 1. The standard InChI is InChI=1S/C12H17Cl2N3O2S/c13-10-3-4-11(14)12(6-10)16-20(18,19)17-5-1-2-9(7-15)8-17/h3-4,6,9,16H,1-2,5,7-8,15H2. The van der Waals surface area contributed by atoms with Crippen LogP contribution in [0.1, 0.15) is 12.8 Å². The molecule has 1 heterocycles. The zero-order valence-electron chi connectivity index (χ0n) is 10.9. The number of anilines is 1. The molecule has 0 aromatic heterocycles. The van der Waals surface area contributed by atoms with Gasteiger partial charge in [-0.05, 0) is 43.5 Å². The van der Waals surface area contributed by atoms with E-state index in [0.717, 1.165) is 12.8 Å². The molecule has 0 saturated carbocycles. The molecule has 1 fully saturated rings. The van der Waals surface area contributed by atoms with E-state index >= 15 is 0 Å². The summed E-state index contributed by atoms with van der Waals surface area (Å²) in [7, 11) is -3.63. The van der Waals surface area contributed by atoms with Crippen molar-refractivity contribution in [3.05, 3.63) is 28.2 Å². The van der Waals surface area contributed by atoms with E-state index in [1.165, 1.54) is 10.4 Å². The largest absolute Gasteiger partial charge is 0.330 e. The molecule has 2 rings (SSSR count). The Morgan fingerprint density at radius 3 is 2.85 bits per heavy atom. The van der Waals surface area contributed by atoms with Gasteiger partial charge >= 0.3 is 10.2 Å². The van der Waals surface area contributed by atoms with Gasteiger partial charge in [-0.25, -0.2) is 0 Å². The first-order valence-electron chi connectivity index (χ1n) is 6.35. The molecule has 1 unspecified atom stereocenters. The van der Waals surface area contributed by atoms with Crippen molar-refractivity contribution in [2.75, 3.05) is 24.4 Å². The highest BCUT2D eigenvalue weighted by molar-refractivity contribution is 7.90. The second-order valence-electron chi connectivity index (χ2n) is 4.83. The predicted octanol–water partition coefficient (Wildman–Crippen LogP) is 2.32. The second kappa shape index (κ2) is 6.49. The second-order valence-corrected chi connectivity index (χ2v) is 7.35. The number of nitrogens with one attached hydrogen (secondary N) is 1. The normalized spacial score (nSPS) is 20.9. The third kappa shape index (κ3) is 3.77. The Morgan fingerprint density at radius 1 is 1.40 bits per heavy atom. The number of hydrogen-bond acceptors (Lipinski definition) is 3. The van der Waals surface area contributed by atoms with E-state index in [1.54, 1.807) is 12.1 Å². The van der Waals surface area contributed by atoms with Crippen LogP contribution in [0.25, 0.3) is 0 Å². The molecule has 8 heteroatoms. The van der Waals surface area contributed by atoms with Crippen LogP contribution in [0.5, 0.6) is 0 Å². The van der Waals surface area contributed by atoms with Gasteiger partial charge in [0, 0.05) is 18.1 Å². The molecule has 20 heavy (non-hydrogen) atoms. The summed E-state index contributed by atoms with van der Waals surface area (Å²) in [5.41, 5.74) is 5.91. The lowest BCUT2D eigenvalue weighted by Crippen LogP contribution is -2.44. The van der Waals surface area contributed by atoms with Crippen LogP contribution in [0.2, 0.25) is 10.0 Å². The number of nitrogens with two attached hydrogens (primary N) is 1. The summed E-state index contributed by atoms with van der Waals surface area (Å²) in [5.74, 6) is 0.204. The molecule has 0 bridgehead atoms. The van der Waals surface area contributed by atoms with Gasteiger partial charge in [-0.2, -0.15) is 12.7 Å². The monoisotopic (exact) mass is 337 g/mol. The predicted molar refractivity (Wildman–Crippen MR) is 82.4 cm³/mol. The molecular formula is C12H17Cl2N3O2S. The summed E-state index contributed by atoms with van der Waals surface area (Å²) < 4.78 is 28.6. The molecule has 0 aliphatic carbocycles. The minimum Gasteiger partial charge on any atom is -0.330 e. The van der Waals surface area contributed by atoms with Gasteiger partial charge in [-0.15, -0.1) is 0 Å². The van der Waals surface area contributed by atoms with E-state index in [-0.39, 0.29) is 11.6 Å². The first kappa shape index (κ1) is 15.9. The number of benzene rings is 1. The maximum absolute atomic E-state index is 12.4. The van der Waals surface area contributed by atoms with Crippen molar-refractivity contribution in [2.24, 2.45) is 11.7 Å². The van der Waals surface area contributed by atoms with Crippen LogP contribution in [0.4, 0.5) is 5.69 Å². The quantitative estimate of drug-likeness (QED) is 0.885. The molecule has 0 spiro atoms. The summed E-state index contributed by atoms with van der Waals surface area (Å²) in [5, 5.41) is 0.732. The van der Waals surface area contributed by atoms with E-state index in [4.69, 9.17) is 28.9 Å². The van der Waals surface area contributed by atoms with Crippen LogP contribution < -0.4 is 10.5 Å². The summed E-state index contributed by atoms with van der Waals surface area (Å²) in [4.78, 5) is 0. The Bertz CT molecular complexity index is 580. The number of halogens is 2. The Kier molecular flexibility index (Phi) is 5.14. The van der Waals surface area contributed by atoms with Gasteiger partial charge in [0.25, 0.3) is 0 Å². The van der Waals surface area contributed by atoms with Crippen molar-refractivity contribution >= 4 is 39.1 Å². The molecule has 1 aliphatic rings. The molecule has 112 valence electrons. The lowest BCUT2D eigenvalue weighted by molar-refractivity contribution is 0.273. The number of rotatable bonds is 4. The first-order chi connectivity index (χ1) is 9.42. The third-order valence-electron chi connectivity index (χ3n) is 3.32. The molecule has 1 aliphatic heterocycles. The van der Waals surface area contributed by atoms with Gasteiger partial charge in [-0.1, -0.05) is 23.2 Å². The molecule has 5 nitrogen and oxygen atoms in total. The van der Waals surface area contributed by atoms with Crippen LogP contribution in [0.15, 0.2) is 18.2 Å². The van der Waals surface area contributed by atoms with Crippen LogP contribution >= 0.6 is 23.2 Å². The van der Waals surface area contributed by atoms with Crippen LogP contribution in [-0.4, -0.2) is 32.4 Å². The zero-order chi connectivity index (χ0) is 14.8. The maximum Gasteiger partial charge on any atom is 0.301 e. The first-order valence-corrected chi connectivity index (χ1v) is 8.55. The summed E-state index contributed by atoms with van der Waals surface area (Å²) in [6.07, 6.45) is 1.77. The van der Waals surface area contributed by atoms with E-state index in [9.17, 15) is 8.42 Å². The molecule has 1 atom stereocenters. The Hall–Kier alpha value is -0.530. The molecule has 1 saturated heterocycles. The summed E-state index contributed by atoms with van der Waals surface area (Å²) in [6.45, 7) is 1.41. The minimum atomic E-state index is -3.63. The van der Waals surface area contributed by atoms with Gasteiger partial charge in [0.15, 0.2) is 0 Å². The van der Waals surface area contributed by atoms with Gasteiger partial charge in [0.1, 0.15) is 0 Å². The average molecular weight is 338 g/mol. The Labute approximate surface area is 129 Å². The van der Waals surface area contributed by atoms with Crippen molar-refractivity contribution in [1.82, 2.24) is 4.31 Å². The highest BCUT2D eigenvalue weighted by atomic mass is 35.5. The SMILES string of the molecule is NCC1CCCN(S(=O)(=O)Nc2cc(Cl)ccc2Cl)C1. The zero-order valence-corrected chi connectivity index (χ0v) is 13.2. The third-order valence-corrected chi connectivity index (χ3v) is 5.38. The smallest absolute Gasteiger partial charge is 0.301 e. The maximum atomic E-state index is 12.4. The Morgan fingerprint density at radius 2 is 2.15 bits per heavy atom. The molecule has 1 aromatic carbocycles. The van der Waals surface area contributed by atoms with Crippen molar-refractivity contribution in [3.8, 4) is 0 Å². The van der Waals surface area contributed by atoms with Gasteiger partial charge in [-0.3, -0.25) is 4.72 Å². The van der Waals surface area contributed by atoms with E-state index in [1.807, 2.05) is 0 Å². The van der Waals surface area contributed by atoms with Gasteiger partial charge in [0.05, 0.1) is 10.7 Å². The molecule has 3 N–H and O–H groups in total. The highest BCUT2D eigenvalue weighted by Crippen LogP contribution is 2.28. The fraction of sp³-hybridized carbons (Fsp3) is 0.500. The fourth-order valence-corrected chi connectivity index (χ4v) is 3.96. The lowest BCUT2D eigenvalue weighted by Gasteiger charge is -2.31. The van der Waals surface area contributed by atoms with Crippen LogP contribution in [0.3, 0.4) is 0 Å². The minimum absolute atomic E-state index is 0.204. The topological polar surface area (TPSA) is 75.4 Å². The van der Waals surface area contributed by atoms with Crippen molar-refractivity contribution < 1.29 is 8.42 Å². The highest BCUT2D eigenvalue weighted by Gasteiger charge is 2.28. The number of nitrogens with zero attached hydrogens (tertiary/aromatic N) is 1. The molecule has 0 amide bonds. The lowest BCUT2D eigenvalue weighted by atomic mass is 10.0. The fourth-order valence-electron chi connectivity index (χ4n) is 2.22. The van der Waals surface area contributed by atoms with E-state index in [2.05, 4.69) is 4.72 Å². The van der Waals surface area contributed by atoms with Crippen LogP contribution in [-0.2, 0) is 10.2 Å². The van der Waals surface area contributed by atoms with Crippen molar-refractivity contribution in [1.29, 1.82) is 0 Å². The van der Waals surface area contributed by atoms with Gasteiger partial charge < -0.3 is 5.73 Å². The van der Waals surface area contributed by atoms with Crippen molar-refractivity contribution in [2.45, 2.75) is 12.8 Å². The van der Waals surface area contributed by atoms with Crippen molar-refractivity contribution in [3.63, 3.8) is 0 Å². The summed E-state index contributed by atoms with van der Waals surface area (Å²) >= 11 is 11.8. The van der Waals surface area contributed by atoms with E-state index < -0.39 is 10.2 Å². The van der Waals surface area contributed by atoms with E-state index in [0.29, 0.717) is 29.7 Å². The molecule has 1 aromatic rings. The average Bonchev–Trinajstić information content (AvgIpc) is 2.43. The Balaban J connectivity index is 2.16. The van der Waals surface area contributed by atoms with Crippen LogP contribution in [0, 0.1) is 5.92 Å².